The van der Waals surface area contributed by atoms with E-state index in [1.54, 1.807) is 25.1 Å². The predicted molar refractivity (Wildman–Crippen MR) is 101 cm³/mol. The van der Waals surface area contributed by atoms with Gasteiger partial charge >= 0.3 is 0 Å². The van der Waals surface area contributed by atoms with Crippen molar-refractivity contribution in [3.8, 4) is 6.07 Å². The van der Waals surface area contributed by atoms with E-state index in [4.69, 9.17) is 28.5 Å². The molecule has 2 aromatic carbocycles. The molecule has 0 saturated heterocycles. The number of carbonyl (C=O) groups excluding carboxylic acids is 1. The fourth-order valence-corrected chi connectivity index (χ4v) is 4.35. The highest BCUT2D eigenvalue weighted by atomic mass is 35.5. The van der Waals surface area contributed by atoms with Crippen molar-refractivity contribution in [3.63, 3.8) is 0 Å². The molecule has 0 aliphatic rings. The summed E-state index contributed by atoms with van der Waals surface area (Å²) in [5.74, 6) is -0.538. The van der Waals surface area contributed by atoms with E-state index >= 15 is 0 Å². The van der Waals surface area contributed by atoms with Crippen LogP contribution in [0, 0.1) is 11.3 Å². The van der Waals surface area contributed by atoms with Crippen LogP contribution in [0.25, 0.3) is 0 Å². The van der Waals surface area contributed by atoms with Crippen molar-refractivity contribution < 1.29 is 13.2 Å². The standard InChI is InChI=1S/C17H15Cl2N3O3S/c1-2-22(26(24,25)16-9-13(18)6-7-15(16)19)11-17(23)21-14-5-3-4-12(8-14)10-20/h3-9H,2,11H2,1H3,(H,21,23). The summed E-state index contributed by atoms with van der Waals surface area (Å²) in [6, 6.07) is 12.4. The Kier molecular flexibility index (Phi) is 6.62. The van der Waals surface area contributed by atoms with Gasteiger partial charge in [0.25, 0.3) is 0 Å². The summed E-state index contributed by atoms with van der Waals surface area (Å²) in [6.45, 7) is 1.27. The summed E-state index contributed by atoms with van der Waals surface area (Å²) in [4.78, 5) is 12.1. The molecule has 1 amide bonds. The molecule has 0 radical (unpaired) electrons. The molecule has 2 aromatic rings. The van der Waals surface area contributed by atoms with Crippen LogP contribution in [0.15, 0.2) is 47.4 Å². The third-order valence-electron chi connectivity index (χ3n) is 3.46. The topological polar surface area (TPSA) is 90.3 Å². The Morgan fingerprint density at radius 2 is 1.96 bits per heavy atom. The lowest BCUT2D eigenvalue weighted by Crippen LogP contribution is -2.38. The normalized spacial score (nSPS) is 11.2. The second-order valence-electron chi connectivity index (χ2n) is 5.25. The first-order chi connectivity index (χ1) is 12.3. The van der Waals surface area contributed by atoms with Crippen molar-refractivity contribution in [3.05, 3.63) is 58.1 Å². The van der Waals surface area contributed by atoms with E-state index in [-0.39, 0.29) is 21.5 Å². The van der Waals surface area contributed by atoms with Gasteiger partial charge < -0.3 is 5.32 Å². The SMILES string of the molecule is CCN(CC(=O)Nc1cccc(C#N)c1)S(=O)(=O)c1cc(Cl)ccc1Cl. The van der Waals surface area contributed by atoms with E-state index in [2.05, 4.69) is 5.32 Å². The van der Waals surface area contributed by atoms with E-state index in [1.165, 1.54) is 24.3 Å². The van der Waals surface area contributed by atoms with Crippen LogP contribution >= 0.6 is 23.2 Å². The summed E-state index contributed by atoms with van der Waals surface area (Å²) in [5.41, 5.74) is 0.789. The van der Waals surface area contributed by atoms with Gasteiger partial charge in [0.05, 0.1) is 23.2 Å². The fraction of sp³-hybridized carbons (Fsp3) is 0.176. The quantitative estimate of drug-likeness (QED) is 0.786. The van der Waals surface area contributed by atoms with Gasteiger partial charge in [-0.1, -0.05) is 36.2 Å². The molecule has 136 valence electrons. The molecule has 0 aromatic heterocycles. The van der Waals surface area contributed by atoms with Gasteiger partial charge in [-0.3, -0.25) is 4.79 Å². The molecule has 2 rings (SSSR count). The minimum Gasteiger partial charge on any atom is -0.325 e. The van der Waals surface area contributed by atoms with Crippen molar-refractivity contribution in [1.82, 2.24) is 4.31 Å². The average Bonchev–Trinajstić information content (AvgIpc) is 2.61. The third kappa shape index (κ3) is 4.74. The van der Waals surface area contributed by atoms with Gasteiger partial charge in [0.15, 0.2) is 0 Å². The maximum atomic E-state index is 12.8. The third-order valence-corrected chi connectivity index (χ3v) is 6.10. The number of benzene rings is 2. The van der Waals surface area contributed by atoms with Crippen LogP contribution in [-0.2, 0) is 14.8 Å². The van der Waals surface area contributed by atoms with Crippen molar-refractivity contribution >= 4 is 44.8 Å². The molecule has 0 saturated carbocycles. The largest absolute Gasteiger partial charge is 0.325 e. The number of nitrogens with one attached hydrogen (secondary N) is 1. The Balaban J connectivity index is 2.21. The summed E-state index contributed by atoms with van der Waals surface area (Å²) < 4.78 is 26.6. The molecule has 0 atom stereocenters. The fourth-order valence-electron chi connectivity index (χ4n) is 2.21. The van der Waals surface area contributed by atoms with Crippen LogP contribution < -0.4 is 5.32 Å². The number of hydrogen-bond donors (Lipinski definition) is 1. The molecule has 1 N–H and O–H groups in total. The van der Waals surface area contributed by atoms with Crippen LogP contribution in [-0.4, -0.2) is 31.7 Å². The molecule has 0 aliphatic heterocycles. The molecule has 0 bridgehead atoms. The van der Waals surface area contributed by atoms with Gasteiger partial charge in [0.2, 0.25) is 15.9 Å². The molecular weight excluding hydrogens is 397 g/mol. The monoisotopic (exact) mass is 411 g/mol. The summed E-state index contributed by atoms with van der Waals surface area (Å²) in [5, 5.41) is 11.7. The first-order valence-corrected chi connectivity index (χ1v) is 9.72. The van der Waals surface area contributed by atoms with Crippen molar-refractivity contribution in [2.75, 3.05) is 18.4 Å². The van der Waals surface area contributed by atoms with E-state index < -0.39 is 22.5 Å². The second kappa shape index (κ2) is 8.52. The zero-order valence-electron chi connectivity index (χ0n) is 13.7. The summed E-state index contributed by atoms with van der Waals surface area (Å²) in [6.07, 6.45) is 0. The van der Waals surface area contributed by atoms with Crippen LogP contribution in [0.3, 0.4) is 0 Å². The van der Waals surface area contributed by atoms with Crippen LogP contribution in [0.2, 0.25) is 10.0 Å². The Hall–Kier alpha value is -2.11. The van der Waals surface area contributed by atoms with Crippen molar-refractivity contribution in [2.45, 2.75) is 11.8 Å². The molecule has 0 aliphatic carbocycles. The van der Waals surface area contributed by atoms with Gasteiger partial charge in [-0.2, -0.15) is 9.57 Å². The maximum Gasteiger partial charge on any atom is 0.245 e. The zero-order chi connectivity index (χ0) is 19.3. The van der Waals surface area contributed by atoms with Crippen LogP contribution in [0.1, 0.15) is 12.5 Å². The number of rotatable bonds is 6. The Morgan fingerprint density at radius 1 is 1.23 bits per heavy atom. The number of halogens is 2. The number of nitriles is 1. The van der Waals surface area contributed by atoms with Crippen LogP contribution in [0.5, 0.6) is 0 Å². The maximum absolute atomic E-state index is 12.8. The highest BCUT2D eigenvalue weighted by Gasteiger charge is 2.27. The van der Waals surface area contributed by atoms with Crippen molar-refractivity contribution in [2.24, 2.45) is 0 Å². The summed E-state index contributed by atoms with van der Waals surface area (Å²) >= 11 is 11.9. The first kappa shape index (κ1) is 20.2. The first-order valence-electron chi connectivity index (χ1n) is 7.53. The number of amides is 1. The highest BCUT2D eigenvalue weighted by molar-refractivity contribution is 7.89. The molecule has 26 heavy (non-hydrogen) atoms. The van der Waals surface area contributed by atoms with E-state index in [1.807, 2.05) is 6.07 Å². The molecule has 0 heterocycles. The Bertz CT molecular complexity index is 971. The van der Waals surface area contributed by atoms with Gasteiger partial charge in [0.1, 0.15) is 4.90 Å². The summed E-state index contributed by atoms with van der Waals surface area (Å²) in [7, 11) is -4.00. The average molecular weight is 412 g/mol. The number of hydrogen-bond acceptors (Lipinski definition) is 4. The van der Waals surface area contributed by atoms with Gasteiger partial charge in [-0.05, 0) is 36.4 Å². The lowest BCUT2D eigenvalue weighted by Gasteiger charge is -2.21. The predicted octanol–water partition coefficient (Wildman–Crippen LogP) is 3.51. The Morgan fingerprint density at radius 3 is 2.62 bits per heavy atom. The molecule has 0 fully saturated rings. The van der Waals surface area contributed by atoms with Crippen LogP contribution in [0.4, 0.5) is 5.69 Å². The molecular formula is C17H15Cl2N3O3S. The number of sulfonamides is 1. The number of carbonyl (C=O) groups is 1. The Labute approximate surface area is 162 Å². The van der Waals surface area contributed by atoms with Gasteiger partial charge in [0, 0.05) is 17.3 Å². The molecule has 9 heteroatoms. The van der Waals surface area contributed by atoms with E-state index in [0.717, 1.165) is 4.31 Å². The lowest BCUT2D eigenvalue weighted by molar-refractivity contribution is -0.116. The number of likely N-dealkylation sites (N-methyl/N-ethyl adjacent to an activating group) is 1. The highest BCUT2D eigenvalue weighted by Crippen LogP contribution is 2.27. The molecule has 0 spiro atoms. The number of nitrogens with zero attached hydrogens (tertiary/aromatic N) is 2. The minimum absolute atomic E-state index is 0.0231. The second-order valence-corrected chi connectivity index (χ2v) is 8.00. The molecule has 0 unspecified atom stereocenters. The minimum atomic E-state index is -4.00. The van der Waals surface area contributed by atoms with E-state index in [9.17, 15) is 13.2 Å². The van der Waals surface area contributed by atoms with Gasteiger partial charge in [-0.15, -0.1) is 0 Å². The number of anilines is 1. The zero-order valence-corrected chi connectivity index (χ0v) is 16.1. The smallest absolute Gasteiger partial charge is 0.245 e. The lowest BCUT2D eigenvalue weighted by atomic mass is 10.2. The van der Waals surface area contributed by atoms with Gasteiger partial charge in [-0.25, -0.2) is 8.42 Å². The molecule has 6 nitrogen and oxygen atoms in total. The van der Waals surface area contributed by atoms with E-state index in [0.29, 0.717) is 11.3 Å². The van der Waals surface area contributed by atoms with Crippen molar-refractivity contribution in [1.29, 1.82) is 5.26 Å².